The summed E-state index contributed by atoms with van der Waals surface area (Å²) in [6, 6.07) is 8.63. The zero-order chi connectivity index (χ0) is 15.5. The van der Waals surface area contributed by atoms with Crippen LogP contribution in [0, 0.1) is 5.92 Å². The number of hydrogen-bond donors (Lipinski definition) is 1. The number of benzene rings is 1. The summed E-state index contributed by atoms with van der Waals surface area (Å²) in [7, 11) is 0. The van der Waals surface area contributed by atoms with Gasteiger partial charge in [-0.2, -0.15) is 13.2 Å². The van der Waals surface area contributed by atoms with Crippen LogP contribution in [0.5, 0.6) is 0 Å². The maximum Gasteiger partial charge on any atom is 0.416 e. The molecule has 0 bridgehead atoms. The largest absolute Gasteiger partial charge is 0.460 e. The van der Waals surface area contributed by atoms with Gasteiger partial charge >= 0.3 is 6.18 Å². The second-order valence-corrected chi connectivity index (χ2v) is 5.37. The summed E-state index contributed by atoms with van der Waals surface area (Å²) in [4.78, 5) is 0. The van der Waals surface area contributed by atoms with Gasteiger partial charge in [-0.25, -0.2) is 0 Å². The van der Waals surface area contributed by atoms with Crippen molar-refractivity contribution < 1.29 is 17.6 Å². The van der Waals surface area contributed by atoms with E-state index in [1.54, 1.807) is 18.2 Å². The Bertz CT molecular complexity index is 587. The molecule has 0 amide bonds. The molecule has 0 spiro atoms. The normalized spacial score (nSPS) is 12.1. The summed E-state index contributed by atoms with van der Waals surface area (Å²) in [5.41, 5.74) is -0.240. The molecule has 114 valence electrons. The van der Waals surface area contributed by atoms with Gasteiger partial charge in [0.05, 0.1) is 12.1 Å². The van der Waals surface area contributed by atoms with Gasteiger partial charge in [0.1, 0.15) is 11.5 Å². The van der Waals surface area contributed by atoms with Crippen LogP contribution in [0.4, 0.5) is 13.2 Å². The monoisotopic (exact) mass is 297 g/mol. The van der Waals surface area contributed by atoms with E-state index in [4.69, 9.17) is 4.42 Å². The van der Waals surface area contributed by atoms with Gasteiger partial charge in [0.25, 0.3) is 0 Å². The molecule has 1 N–H and O–H groups in total. The average molecular weight is 297 g/mol. The minimum Gasteiger partial charge on any atom is -0.460 e. The third-order valence-electron chi connectivity index (χ3n) is 2.99. The molecule has 2 rings (SSSR count). The van der Waals surface area contributed by atoms with E-state index >= 15 is 0 Å². The average Bonchev–Trinajstić information content (AvgIpc) is 2.86. The summed E-state index contributed by atoms with van der Waals surface area (Å²) in [6.07, 6.45) is -4.34. The van der Waals surface area contributed by atoms with Crippen LogP contribution in [0.25, 0.3) is 11.3 Å². The Morgan fingerprint density at radius 3 is 2.57 bits per heavy atom. The first-order chi connectivity index (χ1) is 9.86. The summed E-state index contributed by atoms with van der Waals surface area (Å²) < 4.78 is 43.7. The van der Waals surface area contributed by atoms with Crippen molar-refractivity contribution >= 4 is 0 Å². The lowest BCUT2D eigenvalue weighted by Gasteiger charge is -2.07. The molecule has 0 saturated carbocycles. The first-order valence-corrected chi connectivity index (χ1v) is 6.83. The van der Waals surface area contributed by atoms with Crippen LogP contribution in [0.2, 0.25) is 0 Å². The lowest BCUT2D eigenvalue weighted by atomic mass is 10.1. The van der Waals surface area contributed by atoms with Crippen molar-refractivity contribution in [1.29, 1.82) is 0 Å². The minimum atomic E-state index is -4.34. The van der Waals surface area contributed by atoms with Crippen LogP contribution < -0.4 is 5.32 Å². The number of furan rings is 1. The second-order valence-electron chi connectivity index (χ2n) is 5.37. The van der Waals surface area contributed by atoms with Gasteiger partial charge in [-0.05, 0) is 36.7 Å². The molecule has 0 saturated heterocycles. The Morgan fingerprint density at radius 2 is 1.90 bits per heavy atom. The zero-order valence-electron chi connectivity index (χ0n) is 12.0. The van der Waals surface area contributed by atoms with E-state index in [1.165, 1.54) is 6.07 Å². The molecule has 0 atom stereocenters. The third kappa shape index (κ3) is 4.36. The molecule has 21 heavy (non-hydrogen) atoms. The van der Waals surface area contributed by atoms with Crippen LogP contribution in [0.15, 0.2) is 40.8 Å². The van der Waals surface area contributed by atoms with Crippen LogP contribution in [-0.4, -0.2) is 6.54 Å². The minimum absolute atomic E-state index is 0.430. The third-order valence-corrected chi connectivity index (χ3v) is 2.99. The van der Waals surface area contributed by atoms with Crippen molar-refractivity contribution in [3.8, 4) is 11.3 Å². The predicted molar refractivity (Wildman–Crippen MR) is 75.7 cm³/mol. The molecule has 0 unspecified atom stereocenters. The molecular formula is C16H18F3NO. The van der Waals surface area contributed by atoms with Gasteiger partial charge < -0.3 is 9.73 Å². The Labute approximate surface area is 122 Å². The van der Waals surface area contributed by atoms with Gasteiger partial charge in [0.15, 0.2) is 0 Å². The number of alkyl halides is 3. The fourth-order valence-corrected chi connectivity index (χ4v) is 1.96. The maximum absolute atomic E-state index is 12.7. The number of halogens is 3. The molecule has 2 nitrogen and oxygen atoms in total. The van der Waals surface area contributed by atoms with E-state index in [2.05, 4.69) is 19.2 Å². The Hall–Kier alpha value is -1.75. The fourth-order valence-electron chi connectivity index (χ4n) is 1.96. The van der Waals surface area contributed by atoms with E-state index in [-0.39, 0.29) is 0 Å². The molecule has 5 heteroatoms. The van der Waals surface area contributed by atoms with Gasteiger partial charge in [0.2, 0.25) is 0 Å². The second kappa shape index (κ2) is 6.35. The molecule has 0 aliphatic carbocycles. The van der Waals surface area contributed by atoms with Crippen molar-refractivity contribution in [3.05, 3.63) is 47.7 Å². The van der Waals surface area contributed by atoms with E-state index in [1.807, 2.05) is 0 Å². The fraction of sp³-hybridized carbons (Fsp3) is 0.375. The Balaban J connectivity index is 2.11. The molecule has 1 aromatic heterocycles. The molecule has 0 radical (unpaired) electrons. The Morgan fingerprint density at radius 1 is 1.14 bits per heavy atom. The molecule has 0 aliphatic rings. The smallest absolute Gasteiger partial charge is 0.416 e. The van der Waals surface area contributed by atoms with Gasteiger partial charge in [-0.15, -0.1) is 0 Å². The topological polar surface area (TPSA) is 25.2 Å². The lowest BCUT2D eigenvalue weighted by molar-refractivity contribution is -0.137. The highest BCUT2D eigenvalue weighted by Gasteiger charge is 2.30. The zero-order valence-corrected chi connectivity index (χ0v) is 12.0. The van der Waals surface area contributed by atoms with Crippen LogP contribution in [0.3, 0.4) is 0 Å². The molecule has 0 aliphatic heterocycles. The molecule has 0 fully saturated rings. The van der Waals surface area contributed by atoms with Crippen LogP contribution in [-0.2, 0) is 12.7 Å². The highest BCUT2D eigenvalue weighted by molar-refractivity contribution is 5.58. The van der Waals surface area contributed by atoms with Crippen molar-refractivity contribution in [3.63, 3.8) is 0 Å². The van der Waals surface area contributed by atoms with Crippen molar-refractivity contribution in [2.75, 3.05) is 6.54 Å². The summed E-state index contributed by atoms with van der Waals surface area (Å²) in [5, 5.41) is 3.23. The van der Waals surface area contributed by atoms with Gasteiger partial charge in [-0.3, -0.25) is 0 Å². The number of rotatable bonds is 5. The first kappa shape index (κ1) is 15.6. The summed E-state index contributed by atoms with van der Waals surface area (Å²) >= 11 is 0. The quantitative estimate of drug-likeness (QED) is 0.864. The standard InChI is InChI=1S/C16H18F3NO/c1-11(2)9-20-10-14-6-7-15(21-14)12-4-3-5-13(8-12)16(17,18)19/h3-8,11,20H,9-10H2,1-2H3. The highest BCUT2D eigenvalue weighted by atomic mass is 19.4. The lowest BCUT2D eigenvalue weighted by Crippen LogP contribution is -2.18. The summed E-state index contributed by atoms with van der Waals surface area (Å²) in [5.74, 6) is 1.69. The van der Waals surface area contributed by atoms with E-state index in [0.29, 0.717) is 29.5 Å². The molecule has 2 aromatic rings. The van der Waals surface area contributed by atoms with E-state index in [9.17, 15) is 13.2 Å². The van der Waals surface area contributed by atoms with Crippen LogP contribution >= 0.6 is 0 Å². The van der Waals surface area contributed by atoms with Crippen molar-refractivity contribution in [2.24, 2.45) is 5.92 Å². The van der Waals surface area contributed by atoms with Crippen molar-refractivity contribution in [1.82, 2.24) is 5.32 Å². The number of nitrogens with one attached hydrogen (secondary N) is 1. The van der Waals surface area contributed by atoms with Crippen molar-refractivity contribution in [2.45, 2.75) is 26.6 Å². The Kier molecular flexibility index (Phi) is 4.73. The molecule has 1 heterocycles. The van der Waals surface area contributed by atoms with Gasteiger partial charge in [0, 0.05) is 5.56 Å². The van der Waals surface area contributed by atoms with Gasteiger partial charge in [-0.1, -0.05) is 26.0 Å². The molecule has 1 aromatic carbocycles. The maximum atomic E-state index is 12.7. The SMILES string of the molecule is CC(C)CNCc1ccc(-c2cccc(C(F)(F)F)c2)o1. The highest BCUT2D eigenvalue weighted by Crippen LogP contribution is 2.32. The number of hydrogen-bond acceptors (Lipinski definition) is 2. The molecular weight excluding hydrogens is 279 g/mol. The summed E-state index contributed by atoms with van der Waals surface area (Å²) in [6.45, 7) is 5.63. The van der Waals surface area contributed by atoms with E-state index < -0.39 is 11.7 Å². The first-order valence-electron chi connectivity index (χ1n) is 6.83. The van der Waals surface area contributed by atoms with Crippen LogP contribution in [0.1, 0.15) is 25.2 Å². The van der Waals surface area contributed by atoms with E-state index in [0.717, 1.165) is 18.7 Å². The predicted octanol–water partition coefficient (Wildman–Crippen LogP) is 4.71.